The highest BCUT2D eigenvalue weighted by Crippen LogP contribution is 2.25. The molecule has 5 heteroatoms. The number of nitrogens with zero attached hydrogens (tertiary/aromatic N) is 1. The van der Waals surface area contributed by atoms with Crippen LogP contribution in [0.1, 0.15) is 53.2 Å². The number of piperidine rings is 1. The van der Waals surface area contributed by atoms with Gasteiger partial charge in [0.2, 0.25) is 0 Å². The Morgan fingerprint density at radius 2 is 1.89 bits per heavy atom. The van der Waals surface area contributed by atoms with Crippen LogP contribution in [0.5, 0.6) is 0 Å². The minimum Gasteiger partial charge on any atom is -0.348 e. The van der Waals surface area contributed by atoms with E-state index in [9.17, 15) is 4.79 Å². The van der Waals surface area contributed by atoms with Crippen molar-refractivity contribution in [1.82, 2.24) is 20.9 Å². The van der Waals surface area contributed by atoms with Crippen LogP contribution < -0.4 is 16.0 Å². The van der Waals surface area contributed by atoms with E-state index < -0.39 is 0 Å². The van der Waals surface area contributed by atoms with Crippen molar-refractivity contribution in [1.29, 1.82) is 0 Å². The molecule has 5 nitrogen and oxygen atoms in total. The number of benzene rings is 2. The highest BCUT2D eigenvalue weighted by atomic mass is 16.1. The van der Waals surface area contributed by atoms with E-state index in [4.69, 9.17) is 0 Å². The fourth-order valence-electron chi connectivity index (χ4n) is 5.86. The van der Waals surface area contributed by atoms with E-state index in [-0.39, 0.29) is 5.91 Å². The molecule has 2 aromatic rings. The van der Waals surface area contributed by atoms with Crippen LogP contribution >= 0.6 is 0 Å². The maximum atomic E-state index is 13.0. The molecular formula is C33H42N4O. The third kappa shape index (κ3) is 7.53. The smallest absolute Gasteiger partial charge is 0.251 e. The minimum atomic E-state index is -0.00603. The van der Waals surface area contributed by atoms with E-state index in [1.165, 1.54) is 35.1 Å². The number of hydrogen-bond donors (Lipinski definition) is 3. The van der Waals surface area contributed by atoms with E-state index in [0.717, 1.165) is 63.2 Å². The van der Waals surface area contributed by atoms with Crippen molar-refractivity contribution in [2.75, 3.05) is 39.3 Å². The van der Waals surface area contributed by atoms with E-state index in [1.807, 2.05) is 12.1 Å². The van der Waals surface area contributed by atoms with Gasteiger partial charge in [0.15, 0.2) is 0 Å². The summed E-state index contributed by atoms with van der Waals surface area (Å²) in [5.74, 6) is 0.702. The van der Waals surface area contributed by atoms with Crippen LogP contribution in [0, 0.1) is 5.92 Å². The molecule has 1 atom stereocenters. The van der Waals surface area contributed by atoms with Gasteiger partial charge in [0.1, 0.15) is 0 Å². The summed E-state index contributed by atoms with van der Waals surface area (Å²) in [7, 11) is 0. The molecular weight excluding hydrogens is 468 g/mol. The Kier molecular flexibility index (Phi) is 9.24. The zero-order valence-electron chi connectivity index (χ0n) is 22.7. The first-order valence-corrected chi connectivity index (χ1v) is 14.3. The minimum absolute atomic E-state index is 0.00603. The van der Waals surface area contributed by atoms with Crippen molar-refractivity contribution >= 4 is 11.5 Å². The van der Waals surface area contributed by atoms with Gasteiger partial charge < -0.3 is 16.0 Å². The summed E-state index contributed by atoms with van der Waals surface area (Å²) in [5, 5.41) is 10.1. The fraction of sp³-hybridized carbons (Fsp3) is 0.424. The lowest BCUT2D eigenvalue weighted by Gasteiger charge is -2.31. The highest BCUT2D eigenvalue weighted by molar-refractivity contribution is 5.94. The van der Waals surface area contributed by atoms with Gasteiger partial charge in [-0.05, 0) is 91.6 Å². The SMILES string of the molecule is CC1CN(Cc2cccc(C3=CC(CNC(=O)c4cccc(CC5CCNCC5)c4)=CC=CC3)c2)CCN1. The Morgan fingerprint density at radius 3 is 2.76 bits per heavy atom. The number of piperazine rings is 1. The first kappa shape index (κ1) is 26.6. The van der Waals surface area contributed by atoms with Gasteiger partial charge >= 0.3 is 0 Å². The molecule has 2 aromatic carbocycles. The van der Waals surface area contributed by atoms with Crippen LogP contribution in [0.15, 0.2) is 78.4 Å². The third-order valence-corrected chi connectivity index (χ3v) is 7.93. The number of carbonyl (C=O) groups is 1. The zero-order chi connectivity index (χ0) is 26.2. The average molecular weight is 511 g/mol. The van der Waals surface area contributed by atoms with Crippen LogP contribution in [0.3, 0.4) is 0 Å². The van der Waals surface area contributed by atoms with Crippen LogP contribution in [0.2, 0.25) is 0 Å². The first-order chi connectivity index (χ1) is 18.6. The van der Waals surface area contributed by atoms with Crippen LogP contribution in [-0.4, -0.2) is 56.1 Å². The van der Waals surface area contributed by atoms with Crippen LogP contribution in [-0.2, 0) is 13.0 Å². The lowest BCUT2D eigenvalue weighted by Crippen LogP contribution is -2.48. The summed E-state index contributed by atoms with van der Waals surface area (Å²) in [5.41, 5.74) is 7.04. The molecule has 1 unspecified atom stereocenters. The lowest BCUT2D eigenvalue weighted by molar-refractivity contribution is 0.0957. The Morgan fingerprint density at radius 1 is 1.05 bits per heavy atom. The summed E-state index contributed by atoms with van der Waals surface area (Å²) >= 11 is 0. The number of hydrogen-bond acceptors (Lipinski definition) is 4. The maximum absolute atomic E-state index is 13.0. The highest BCUT2D eigenvalue weighted by Gasteiger charge is 2.17. The summed E-state index contributed by atoms with van der Waals surface area (Å²) in [4.78, 5) is 15.6. The largest absolute Gasteiger partial charge is 0.348 e. The van der Waals surface area contributed by atoms with Crippen molar-refractivity contribution in [3.63, 3.8) is 0 Å². The van der Waals surface area contributed by atoms with Gasteiger partial charge in [0, 0.05) is 44.3 Å². The second kappa shape index (κ2) is 13.2. The van der Waals surface area contributed by atoms with E-state index in [2.05, 4.69) is 88.5 Å². The number of amides is 1. The molecule has 0 saturated carbocycles. The van der Waals surface area contributed by atoms with Gasteiger partial charge in [0.05, 0.1) is 0 Å². The Bertz CT molecular complexity index is 1190. The second-order valence-electron chi connectivity index (χ2n) is 11.1. The standard InChI is InChI=1S/C33H42N4O/c1-25-23-37(17-16-35-25)24-29-8-5-10-31(21-29)30-9-3-2-6-28(20-30)22-36-33(38)32-11-4-7-27(19-32)18-26-12-14-34-15-13-26/h2-8,10-11,19-21,25-26,34-35H,9,12-18,22-24H2,1H3,(H,36,38). The Hall–Kier alpha value is -2.99. The van der Waals surface area contributed by atoms with Gasteiger partial charge in [-0.1, -0.05) is 60.7 Å². The van der Waals surface area contributed by atoms with E-state index >= 15 is 0 Å². The Labute approximate surface area is 228 Å². The molecule has 2 fully saturated rings. The summed E-state index contributed by atoms with van der Waals surface area (Å²) < 4.78 is 0. The van der Waals surface area contributed by atoms with Crippen LogP contribution in [0.4, 0.5) is 0 Å². The quantitative estimate of drug-likeness (QED) is 0.481. The van der Waals surface area contributed by atoms with Crippen molar-refractivity contribution < 1.29 is 4.79 Å². The molecule has 2 aliphatic heterocycles. The molecule has 3 N–H and O–H groups in total. The van der Waals surface area contributed by atoms with Gasteiger partial charge in [-0.15, -0.1) is 0 Å². The third-order valence-electron chi connectivity index (χ3n) is 7.93. The molecule has 200 valence electrons. The normalized spacial score (nSPS) is 20.9. The Balaban J connectivity index is 1.20. The predicted octanol–water partition coefficient (Wildman–Crippen LogP) is 4.72. The molecule has 5 rings (SSSR count). The van der Waals surface area contributed by atoms with E-state index in [1.54, 1.807) is 0 Å². The molecule has 2 saturated heterocycles. The van der Waals surface area contributed by atoms with Crippen molar-refractivity contribution in [2.45, 2.75) is 45.2 Å². The summed E-state index contributed by atoms with van der Waals surface area (Å²) in [6.07, 6.45) is 13.0. The maximum Gasteiger partial charge on any atom is 0.251 e. The molecule has 0 spiro atoms. The lowest BCUT2D eigenvalue weighted by atomic mass is 9.90. The zero-order valence-corrected chi connectivity index (χ0v) is 22.7. The van der Waals surface area contributed by atoms with E-state index in [0.29, 0.717) is 18.5 Å². The molecule has 2 heterocycles. The molecule has 0 aromatic heterocycles. The monoisotopic (exact) mass is 510 g/mol. The van der Waals surface area contributed by atoms with Crippen molar-refractivity contribution in [3.05, 3.63) is 101 Å². The first-order valence-electron chi connectivity index (χ1n) is 14.3. The van der Waals surface area contributed by atoms with Gasteiger partial charge in [-0.3, -0.25) is 9.69 Å². The number of rotatable bonds is 8. The molecule has 3 aliphatic rings. The number of carbonyl (C=O) groups excluding carboxylic acids is 1. The number of nitrogens with one attached hydrogen (secondary N) is 3. The molecule has 1 aliphatic carbocycles. The van der Waals surface area contributed by atoms with Crippen molar-refractivity contribution in [2.24, 2.45) is 5.92 Å². The molecule has 1 amide bonds. The van der Waals surface area contributed by atoms with Gasteiger partial charge in [-0.2, -0.15) is 0 Å². The molecule has 38 heavy (non-hydrogen) atoms. The second-order valence-corrected chi connectivity index (χ2v) is 11.1. The van der Waals surface area contributed by atoms with Gasteiger partial charge in [-0.25, -0.2) is 0 Å². The topological polar surface area (TPSA) is 56.4 Å². The number of allylic oxidation sites excluding steroid dienone is 4. The summed E-state index contributed by atoms with van der Waals surface area (Å²) in [6.45, 7) is 9.19. The average Bonchev–Trinajstić information content (AvgIpc) is 3.19. The molecule has 0 radical (unpaired) electrons. The molecule has 0 bridgehead atoms. The summed E-state index contributed by atoms with van der Waals surface area (Å²) in [6, 6.07) is 17.7. The van der Waals surface area contributed by atoms with Crippen LogP contribution in [0.25, 0.3) is 5.57 Å². The fourth-order valence-corrected chi connectivity index (χ4v) is 5.86. The predicted molar refractivity (Wildman–Crippen MR) is 157 cm³/mol. The van der Waals surface area contributed by atoms with Crippen molar-refractivity contribution in [3.8, 4) is 0 Å². The van der Waals surface area contributed by atoms with Gasteiger partial charge in [0.25, 0.3) is 5.91 Å².